The topological polar surface area (TPSA) is 49.8 Å². The van der Waals surface area contributed by atoms with Gasteiger partial charge in [-0.15, -0.1) is 11.8 Å². The van der Waals surface area contributed by atoms with E-state index in [1.165, 1.54) is 16.7 Å². The summed E-state index contributed by atoms with van der Waals surface area (Å²) in [5.74, 6) is 0. The van der Waals surface area contributed by atoms with Gasteiger partial charge in [0.15, 0.2) is 0 Å². The smallest absolute Gasteiger partial charge is 0.410 e. The van der Waals surface area contributed by atoms with Crippen LogP contribution < -0.4 is 0 Å². The normalized spacial score (nSPS) is 22.4. The molecule has 1 heterocycles. The highest BCUT2D eigenvalue weighted by atomic mass is 35.6. The van der Waals surface area contributed by atoms with E-state index < -0.39 is 16.0 Å². The second-order valence-electron chi connectivity index (χ2n) is 4.61. The molecule has 1 fully saturated rings. The van der Waals surface area contributed by atoms with Crippen LogP contribution in [0.5, 0.6) is 0 Å². The Kier molecular flexibility index (Phi) is 5.91. The first-order valence-electron chi connectivity index (χ1n) is 6.23. The molecule has 1 amide bonds. The summed E-state index contributed by atoms with van der Waals surface area (Å²) in [6.45, 7) is 0.280. The van der Waals surface area contributed by atoms with Crippen molar-refractivity contribution in [2.75, 3.05) is 19.7 Å². The molecular formula is C13H14Cl3NO3S. The maximum Gasteiger partial charge on any atom is 0.410 e. The molecule has 1 aromatic carbocycles. The van der Waals surface area contributed by atoms with Crippen LogP contribution in [0.15, 0.2) is 35.2 Å². The number of alkyl halides is 3. The zero-order valence-electron chi connectivity index (χ0n) is 10.9. The van der Waals surface area contributed by atoms with Gasteiger partial charge in [-0.05, 0) is 12.1 Å². The Balaban J connectivity index is 1.87. The highest BCUT2D eigenvalue weighted by Crippen LogP contribution is 2.31. The molecule has 1 saturated heterocycles. The largest absolute Gasteiger partial charge is 0.445 e. The van der Waals surface area contributed by atoms with E-state index in [1.807, 2.05) is 30.3 Å². The summed E-state index contributed by atoms with van der Waals surface area (Å²) in [6.07, 6.45) is -1.20. The third-order valence-corrected chi connectivity index (χ3v) is 4.52. The molecular weight excluding hydrogens is 357 g/mol. The summed E-state index contributed by atoms with van der Waals surface area (Å²) in [5, 5.41) is 9.95. The number of benzene rings is 1. The van der Waals surface area contributed by atoms with Crippen molar-refractivity contribution < 1.29 is 14.6 Å². The molecule has 0 spiro atoms. The monoisotopic (exact) mass is 369 g/mol. The van der Waals surface area contributed by atoms with Crippen LogP contribution in [0.3, 0.4) is 0 Å². The van der Waals surface area contributed by atoms with E-state index in [9.17, 15) is 9.90 Å². The number of carbonyl (C=O) groups excluding carboxylic acids is 1. The van der Waals surface area contributed by atoms with Crippen LogP contribution in [0.4, 0.5) is 4.79 Å². The predicted molar refractivity (Wildman–Crippen MR) is 85.3 cm³/mol. The first-order valence-corrected chi connectivity index (χ1v) is 8.25. The van der Waals surface area contributed by atoms with Crippen LogP contribution in [0.1, 0.15) is 0 Å². The van der Waals surface area contributed by atoms with Crippen LogP contribution in [0, 0.1) is 0 Å². The Morgan fingerprint density at radius 1 is 1.33 bits per heavy atom. The van der Waals surface area contributed by atoms with Crippen molar-refractivity contribution in [3.05, 3.63) is 30.3 Å². The molecule has 8 heteroatoms. The summed E-state index contributed by atoms with van der Waals surface area (Å²) < 4.78 is 3.28. The van der Waals surface area contributed by atoms with Crippen molar-refractivity contribution in [2.24, 2.45) is 0 Å². The highest BCUT2D eigenvalue weighted by molar-refractivity contribution is 8.00. The molecule has 21 heavy (non-hydrogen) atoms. The number of β-amino-alcohol motifs (C(OH)–C–C–N with tert-alkyl or cyclic N) is 1. The van der Waals surface area contributed by atoms with Gasteiger partial charge in [-0.2, -0.15) is 0 Å². The molecule has 0 saturated carbocycles. The van der Waals surface area contributed by atoms with Crippen molar-refractivity contribution in [1.29, 1.82) is 0 Å². The van der Waals surface area contributed by atoms with E-state index in [1.54, 1.807) is 0 Å². The van der Waals surface area contributed by atoms with E-state index >= 15 is 0 Å². The number of rotatable bonds is 3. The Morgan fingerprint density at radius 3 is 2.62 bits per heavy atom. The van der Waals surface area contributed by atoms with Crippen LogP contribution in [-0.2, 0) is 4.74 Å². The number of amides is 1. The van der Waals surface area contributed by atoms with E-state index in [4.69, 9.17) is 39.5 Å². The minimum atomic E-state index is -1.63. The van der Waals surface area contributed by atoms with E-state index in [0.717, 1.165) is 4.90 Å². The van der Waals surface area contributed by atoms with Crippen molar-refractivity contribution in [3.8, 4) is 0 Å². The molecule has 0 unspecified atom stereocenters. The molecule has 0 aliphatic carbocycles. The van der Waals surface area contributed by atoms with Gasteiger partial charge < -0.3 is 14.7 Å². The minimum Gasteiger partial charge on any atom is -0.445 e. The fraction of sp³-hybridized carbons (Fsp3) is 0.462. The number of thioether (sulfide) groups is 1. The third-order valence-electron chi connectivity index (χ3n) is 2.89. The fourth-order valence-corrected chi connectivity index (χ4v) is 3.26. The van der Waals surface area contributed by atoms with E-state index in [0.29, 0.717) is 6.54 Å². The second-order valence-corrected chi connectivity index (χ2v) is 8.44. The minimum absolute atomic E-state index is 0.104. The number of ether oxygens (including phenoxy) is 1. The lowest BCUT2D eigenvalue weighted by Crippen LogP contribution is -2.32. The van der Waals surface area contributed by atoms with E-state index in [-0.39, 0.29) is 18.4 Å². The van der Waals surface area contributed by atoms with Crippen molar-refractivity contribution in [3.63, 3.8) is 0 Å². The molecule has 1 N–H and O–H groups in total. The molecule has 116 valence electrons. The zero-order chi connectivity index (χ0) is 15.5. The third kappa shape index (κ3) is 5.42. The maximum absolute atomic E-state index is 11.8. The van der Waals surface area contributed by atoms with Gasteiger partial charge in [0.05, 0.1) is 17.9 Å². The summed E-state index contributed by atoms with van der Waals surface area (Å²) in [5.41, 5.74) is 0. The highest BCUT2D eigenvalue weighted by Gasteiger charge is 2.36. The SMILES string of the molecule is O=C(OCC(Cl)(Cl)Cl)N1C[C@H](Sc2ccccc2)[C@@H](O)C1. The molecule has 2 rings (SSSR count). The van der Waals surface area contributed by atoms with Crippen LogP contribution in [0.2, 0.25) is 0 Å². The second kappa shape index (κ2) is 7.29. The average Bonchev–Trinajstić information content (AvgIpc) is 2.78. The van der Waals surface area contributed by atoms with Crippen LogP contribution in [0.25, 0.3) is 0 Å². The van der Waals surface area contributed by atoms with Gasteiger partial charge in [0.25, 0.3) is 0 Å². The van der Waals surface area contributed by atoms with Crippen molar-refractivity contribution in [2.45, 2.75) is 20.0 Å². The first kappa shape index (κ1) is 17.0. The molecule has 2 atom stereocenters. The Bertz CT molecular complexity index is 483. The van der Waals surface area contributed by atoms with Gasteiger partial charge in [-0.3, -0.25) is 0 Å². The summed E-state index contributed by atoms with van der Waals surface area (Å²) in [7, 11) is 0. The number of likely N-dealkylation sites (tertiary alicyclic amines) is 1. The van der Waals surface area contributed by atoms with Gasteiger partial charge in [0, 0.05) is 11.4 Å². The zero-order valence-corrected chi connectivity index (χ0v) is 14.0. The maximum atomic E-state index is 11.8. The molecule has 0 bridgehead atoms. The number of nitrogens with zero attached hydrogens (tertiary/aromatic N) is 1. The lowest BCUT2D eigenvalue weighted by atomic mass is 10.3. The van der Waals surface area contributed by atoms with Gasteiger partial charge in [-0.25, -0.2) is 4.79 Å². The summed E-state index contributed by atoms with van der Waals surface area (Å²) in [4.78, 5) is 14.3. The van der Waals surface area contributed by atoms with Crippen LogP contribution >= 0.6 is 46.6 Å². The Morgan fingerprint density at radius 2 is 2.00 bits per heavy atom. The standard InChI is InChI=1S/C13H14Cl3NO3S/c14-13(15,16)8-20-12(19)17-6-10(18)11(7-17)21-9-4-2-1-3-5-9/h1-5,10-11,18H,6-8H2/t10-,11-/m0/s1. The molecule has 1 aliphatic heterocycles. The summed E-state index contributed by atoms with van der Waals surface area (Å²) >= 11 is 18.1. The number of halogens is 3. The number of aliphatic hydroxyl groups is 1. The van der Waals surface area contributed by atoms with E-state index in [2.05, 4.69) is 0 Å². The lowest BCUT2D eigenvalue weighted by molar-refractivity contribution is 0.104. The van der Waals surface area contributed by atoms with Crippen molar-refractivity contribution in [1.82, 2.24) is 4.90 Å². The molecule has 1 aliphatic rings. The van der Waals surface area contributed by atoms with Crippen LogP contribution in [-0.4, -0.2) is 50.9 Å². The van der Waals surface area contributed by atoms with Gasteiger partial charge in [-0.1, -0.05) is 53.0 Å². The number of hydrogen-bond acceptors (Lipinski definition) is 4. The number of carbonyl (C=O) groups is 1. The lowest BCUT2D eigenvalue weighted by Gasteiger charge is -2.18. The van der Waals surface area contributed by atoms with Crippen molar-refractivity contribution >= 4 is 52.7 Å². The van der Waals surface area contributed by atoms with Gasteiger partial charge >= 0.3 is 6.09 Å². The van der Waals surface area contributed by atoms with Gasteiger partial charge in [0.2, 0.25) is 3.79 Å². The first-order chi connectivity index (χ1) is 9.85. The molecule has 0 radical (unpaired) electrons. The Hall–Kier alpha value is -0.330. The average molecular weight is 371 g/mol. The Labute approximate surface area is 142 Å². The molecule has 4 nitrogen and oxygen atoms in total. The summed E-state index contributed by atoms with van der Waals surface area (Å²) in [6, 6.07) is 9.70. The molecule has 0 aromatic heterocycles. The predicted octanol–water partition coefficient (Wildman–Crippen LogP) is 3.33. The quantitative estimate of drug-likeness (QED) is 0.829. The fourth-order valence-electron chi connectivity index (χ4n) is 1.93. The number of aliphatic hydroxyl groups excluding tert-OH is 1. The van der Waals surface area contributed by atoms with Gasteiger partial charge in [0.1, 0.15) is 6.61 Å². The molecule has 1 aromatic rings. The number of hydrogen-bond donors (Lipinski definition) is 1.